The maximum absolute atomic E-state index is 9.60. The van der Waals surface area contributed by atoms with Gasteiger partial charge in [-0.05, 0) is 39.4 Å². The summed E-state index contributed by atoms with van der Waals surface area (Å²) in [5.74, 6) is 0. The Morgan fingerprint density at radius 3 is 2.22 bits per heavy atom. The van der Waals surface area contributed by atoms with Gasteiger partial charge < -0.3 is 10.4 Å². The molecule has 23 heavy (non-hydrogen) atoms. The normalized spacial score (nSPS) is 13.1. The monoisotopic (exact) mass is 303 g/mol. The van der Waals surface area contributed by atoms with Gasteiger partial charge in [0.05, 0.1) is 6.61 Å². The molecule has 0 saturated carbocycles. The zero-order valence-corrected chi connectivity index (χ0v) is 13.3. The smallest absolute Gasteiger partial charge is 0.0632 e. The molecule has 1 atom stereocenters. The maximum atomic E-state index is 9.60. The van der Waals surface area contributed by atoms with Crippen molar-refractivity contribution in [1.29, 1.82) is 0 Å². The summed E-state index contributed by atoms with van der Waals surface area (Å²) in [6.45, 7) is 2.31. The summed E-state index contributed by atoms with van der Waals surface area (Å²) >= 11 is 0. The second-order valence-electron chi connectivity index (χ2n) is 6.28. The van der Waals surface area contributed by atoms with Crippen LogP contribution in [0.2, 0.25) is 0 Å². The predicted molar refractivity (Wildman–Crippen MR) is 99.6 cm³/mol. The Morgan fingerprint density at radius 2 is 1.52 bits per heavy atom. The van der Waals surface area contributed by atoms with Gasteiger partial charge in [-0.15, -0.1) is 0 Å². The molecule has 0 spiro atoms. The minimum Gasteiger partial charge on any atom is -0.394 e. The predicted octanol–water partition coefficient (Wildman–Crippen LogP) is 5.16. The number of anilines is 1. The summed E-state index contributed by atoms with van der Waals surface area (Å²) in [6.07, 6.45) is 2.03. The summed E-state index contributed by atoms with van der Waals surface area (Å²) in [6, 6.07) is 19.7. The first kappa shape index (κ1) is 14.3. The molecule has 0 aliphatic heterocycles. The van der Waals surface area contributed by atoms with Gasteiger partial charge in [-0.2, -0.15) is 0 Å². The largest absolute Gasteiger partial charge is 0.394 e. The Balaban J connectivity index is 1.96. The zero-order valence-electron chi connectivity index (χ0n) is 13.3. The van der Waals surface area contributed by atoms with Gasteiger partial charge in [0.25, 0.3) is 0 Å². The Morgan fingerprint density at radius 1 is 0.870 bits per heavy atom. The average Bonchev–Trinajstić information content (AvgIpc) is 2.60. The summed E-state index contributed by atoms with van der Waals surface area (Å²) in [4.78, 5) is 0. The first-order valence-electron chi connectivity index (χ1n) is 8.35. The number of nitrogens with one attached hydrogen (secondary N) is 1. The molecule has 116 valence electrons. The molecule has 4 aromatic carbocycles. The van der Waals surface area contributed by atoms with Gasteiger partial charge in [0.2, 0.25) is 0 Å². The molecule has 4 rings (SSSR count). The molecule has 0 radical (unpaired) electrons. The number of hydrogen-bond acceptors (Lipinski definition) is 2. The van der Waals surface area contributed by atoms with E-state index < -0.39 is 0 Å². The molecule has 0 amide bonds. The highest BCUT2D eigenvalue weighted by Crippen LogP contribution is 2.37. The third kappa shape index (κ3) is 2.30. The Hall–Kier alpha value is -2.32. The number of aliphatic hydroxyl groups excluding tert-OH is 1. The molecule has 0 aliphatic rings. The van der Waals surface area contributed by atoms with Gasteiger partial charge in [-0.25, -0.2) is 0 Å². The molecule has 1 unspecified atom stereocenters. The molecular formula is C21H21NO. The highest BCUT2D eigenvalue weighted by atomic mass is 16.3. The van der Waals surface area contributed by atoms with Crippen LogP contribution in [0.3, 0.4) is 0 Å². The van der Waals surface area contributed by atoms with Gasteiger partial charge in [-0.3, -0.25) is 0 Å². The highest BCUT2D eigenvalue weighted by Gasteiger charge is 2.12. The zero-order chi connectivity index (χ0) is 15.8. The van der Waals surface area contributed by atoms with Crippen molar-refractivity contribution < 1.29 is 5.11 Å². The molecule has 2 N–H and O–H groups in total. The Kier molecular flexibility index (Phi) is 3.55. The van der Waals surface area contributed by atoms with E-state index in [0.29, 0.717) is 0 Å². The lowest BCUT2D eigenvalue weighted by Gasteiger charge is -2.20. The van der Waals surface area contributed by atoms with Crippen LogP contribution in [-0.2, 0) is 0 Å². The standard InChI is InChI=1S/C21H21NO/c1-2-4-17(13-23)22-19-12-10-16-8-7-14-5-3-6-15-9-11-18(19)21(16)20(14)15/h3,5-12,17,22-23H,2,4,13H2,1H3. The van der Waals surface area contributed by atoms with E-state index >= 15 is 0 Å². The average molecular weight is 303 g/mol. The van der Waals surface area contributed by atoms with E-state index in [1.165, 1.54) is 32.3 Å². The molecule has 0 bridgehead atoms. The fourth-order valence-corrected chi connectivity index (χ4v) is 3.64. The van der Waals surface area contributed by atoms with Gasteiger partial charge in [-0.1, -0.05) is 61.9 Å². The second kappa shape index (κ2) is 5.71. The van der Waals surface area contributed by atoms with Crippen molar-refractivity contribution in [2.24, 2.45) is 0 Å². The molecule has 0 aromatic heterocycles. The van der Waals surface area contributed by atoms with Crippen molar-refractivity contribution in [3.8, 4) is 0 Å². The molecule has 0 aliphatic carbocycles. The van der Waals surface area contributed by atoms with Crippen LogP contribution in [0, 0.1) is 0 Å². The fraction of sp³-hybridized carbons (Fsp3) is 0.238. The summed E-state index contributed by atoms with van der Waals surface area (Å²) in [5.41, 5.74) is 1.11. The SMILES string of the molecule is CCCC(CO)Nc1ccc2ccc3cccc4ccc1c2c34. The molecule has 2 heteroatoms. The van der Waals surface area contributed by atoms with Crippen LogP contribution in [0.15, 0.2) is 54.6 Å². The fourth-order valence-electron chi connectivity index (χ4n) is 3.64. The molecule has 0 fully saturated rings. The van der Waals surface area contributed by atoms with Crippen molar-refractivity contribution >= 4 is 38.0 Å². The lowest BCUT2D eigenvalue weighted by atomic mass is 9.93. The van der Waals surface area contributed by atoms with E-state index in [9.17, 15) is 5.11 Å². The van der Waals surface area contributed by atoms with E-state index in [0.717, 1.165) is 18.5 Å². The van der Waals surface area contributed by atoms with Crippen molar-refractivity contribution in [2.45, 2.75) is 25.8 Å². The summed E-state index contributed by atoms with van der Waals surface area (Å²) < 4.78 is 0. The molecule has 2 nitrogen and oxygen atoms in total. The van der Waals surface area contributed by atoms with Crippen molar-refractivity contribution in [1.82, 2.24) is 0 Å². The van der Waals surface area contributed by atoms with Crippen LogP contribution in [0.5, 0.6) is 0 Å². The Labute approximate surface area is 136 Å². The van der Waals surface area contributed by atoms with E-state index in [1.54, 1.807) is 0 Å². The van der Waals surface area contributed by atoms with Crippen LogP contribution in [0.25, 0.3) is 32.3 Å². The van der Waals surface area contributed by atoms with Gasteiger partial charge in [0.15, 0.2) is 0 Å². The van der Waals surface area contributed by atoms with E-state index in [-0.39, 0.29) is 12.6 Å². The summed E-state index contributed by atoms with van der Waals surface area (Å²) in [7, 11) is 0. The van der Waals surface area contributed by atoms with Gasteiger partial charge >= 0.3 is 0 Å². The van der Waals surface area contributed by atoms with Crippen LogP contribution >= 0.6 is 0 Å². The third-order valence-electron chi connectivity index (χ3n) is 4.75. The lowest BCUT2D eigenvalue weighted by molar-refractivity contribution is 0.268. The maximum Gasteiger partial charge on any atom is 0.0632 e. The van der Waals surface area contributed by atoms with E-state index in [4.69, 9.17) is 0 Å². The van der Waals surface area contributed by atoms with Crippen molar-refractivity contribution in [3.63, 3.8) is 0 Å². The second-order valence-corrected chi connectivity index (χ2v) is 6.28. The summed E-state index contributed by atoms with van der Waals surface area (Å²) in [5, 5.41) is 20.9. The topological polar surface area (TPSA) is 32.3 Å². The van der Waals surface area contributed by atoms with E-state index in [2.05, 4.69) is 66.8 Å². The number of benzene rings is 4. The lowest BCUT2D eigenvalue weighted by Crippen LogP contribution is -2.23. The minimum atomic E-state index is 0.110. The van der Waals surface area contributed by atoms with Crippen LogP contribution in [-0.4, -0.2) is 17.8 Å². The molecule has 0 heterocycles. The van der Waals surface area contributed by atoms with Crippen molar-refractivity contribution in [2.75, 3.05) is 11.9 Å². The van der Waals surface area contributed by atoms with Crippen molar-refractivity contribution in [3.05, 3.63) is 54.6 Å². The third-order valence-corrected chi connectivity index (χ3v) is 4.75. The first-order chi connectivity index (χ1) is 11.3. The molecule has 4 aromatic rings. The molecule has 0 saturated heterocycles. The van der Waals surface area contributed by atoms with Crippen LogP contribution in [0.1, 0.15) is 19.8 Å². The van der Waals surface area contributed by atoms with Crippen LogP contribution in [0.4, 0.5) is 5.69 Å². The number of rotatable bonds is 5. The van der Waals surface area contributed by atoms with Gasteiger partial charge in [0, 0.05) is 17.1 Å². The highest BCUT2D eigenvalue weighted by molar-refractivity contribution is 6.25. The van der Waals surface area contributed by atoms with E-state index in [1.807, 2.05) is 0 Å². The quantitative estimate of drug-likeness (QED) is 0.499. The Bertz CT molecular complexity index is 944. The minimum absolute atomic E-state index is 0.110. The number of hydrogen-bond donors (Lipinski definition) is 2. The molecular weight excluding hydrogens is 282 g/mol. The first-order valence-corrected chi connectivity index (χ1v) is 8.35. The van der Waals surface area contributed by atoms with Gasteiger partial charge in [0.1, 0.15) is 0 Å². The number of aliphatic hydroxyl groups is 1. The van der Waals surface area contributed by atoms with Crippen LogP contribution < -0.4 is 5.32 Å².